The maximum absolute atomic E-state index is 15.9. The number of benzene rings is 2. The zero-order valence-electron chi connectivity index (χ0n) is 46.1. The van der Waals surface area contributed by atoms with E-state index in [1.165, 1.54) is 52.9 Å². The van der Waals surface area contributed by atoms with Crippen LogP contribution in [0.1, 0.15) is 81.9 Å². The van der Waals surface area contributed by atoms with Gasteiger partial charge in [0.05, 0.1) is 31.6 Å². The van der Waals surface area contributed by atoms with Crippen molar-refractivity contribution in [1.82, 2.24) is 59.3 Å². The van der Waals surface area contributed by atoms with Gasteiger partial charge in [0.2, 0.25) is 17.8 Å². The van der Waals surface area contributed by atoms with E-state index in [0.29, 0.717) is 16.8 Å². The van der Waals surface area contributed by atoms with E-state index in [9.17, 15) is 51.8 Å². The van der Waals surface area contributed by atoms with Crippen molar-refractivity contribution in [3.05, 3.63) is 101 Å². The molecule has 2 aliphatic rings. The molecule has 6 heterocycles. The predicted molar refractivity (Wildman–Crippen MR) is 292 cm³/mol. The zero-order chi connectivity index (χ0) is 60.8. The lowest BCUT2D eigenvalue weighted by Gasteiger charge is -2.26. The lowest BCUT2D eigenvalue weighted by molar-refractivity contribution is -0.128. The molecule has 2 aliphatic heterocycles. The van der Waals surface area contributed by atoms with Gasteiger partial charge in [-0.3, -0.25) is 43.2 Å². The van der Waals surface area contributed by atoms with Gasteiger partial charge in [-0.2, -0.15) is 18.1 Å². The third kappa shape index (κ3) is 15.3. The molecule has 0 spiro atoms. The highest BCUT2D eigenvalue weighted by atomic mass is 32.2. The fraction of sp³-hybridized carbons (Fsp3) is 0.460. The normalized spacial score (nSPS) is 21.0. The highest BCUT2D eigenvalue weighted by molar-refractivity contribution is 7.84. The molecule has 31 nitrogen and oxygen atoms in total. The molecule has 5 amide bonds. The second-order valence-corrected chi connectivity index (χ2v) is 22.9. The van der Waals surface area contributed by atoms with Crippen LogP contribution in [0.5, 0.6) is 0 Å². The number of halogens is 1. The summed E-state index contributed by atoms with van der Waals surface area (Å²) in [6.07, 6.45) is -7.61. The Bertz CT molecular complexity index is 3590. The number of carbonyl (C=O) groups is 5. The Balaban J connectivity index is 0.862. The quantitative estimate of drug-likeness (QED) is 0.0453. The number of alkyl halides is 1. The SMILES string of the molecule is CC(NC(=O)C(NC(=O)OC(C)(C)C)C(C)C)C(=O)Nc1ccc(COC(=O)N(C)Cc2ccccc2C(=O)Nc2nc3c(ncn3[C@@H]3O[C@H](CO)C[C@H]3OS(=O)(=O)NC[C@H]3O[C@@H](n4cnc5cncnc54)[C@H](F)[C@@H]3O[PH](=O)O)c(=O)[nH]2)cc1. The number of fused-ring (bicyclic) bond motifs is 2. The van der Waals surface area contributed by atoms with Crippen LogP contribution in [-0.2, 0) is 65.3 Å². The van der Waals surface area contributed by atoms with Gasteiger partial charge in [0, 0.05) is 37.8 Å². The summed E-state index contributed by atoms with van der Waals surface area (Å²) in [4.78, 5) is 113. The van der Waals surface area contributed by atoms with Gasteiger partial charge in [-0.05, 0) is 62.9 Å². The van der Waals surface area contributed by atoms with E-state index in [-0.39, 0.29) is 59.3 Å². The van der Waals surface area contributed by atoms with E-state index in [1.807, 2.05) is 0 Å². The number of ether oxygens (including phenoxy) is 4. The van der Waals surface area contributed by atoms with Crippen LogP contribution in [0.25, 0.3) is 22.3 Å². The molecule has 3 unspecified atom stereocenters. The molecule has 2 fully saturated rings. The van der Waals surface area contributed by atoms with Gasteiger partial charge in [0.15, 0.2) is 35.4 Å². The molecule has 452 valence electrons. The van der Waals surface area contributed by atoms with Crippen molar-refractivity contribution in [2.45, 2.75) is 122 Å². The van der Waals surface area contributed by atoms with E-state index in [0.717, 1.165) is 6.33 Å². The van der Waals surface area contributed by atoms with Gasteiger partial charge in [0.1, 0.15) is 54.4 Å². The summed E-state index contributed by atoms with van der Waals surface area (Å²) in [5.41, 5.74) is -0.256. The van der Waals surface area contributed by atoms with Crippen LogP contribution < -0.4 is 31.5 Å². The van der Waals surface area contributed by atoms with Crippen LogP contribution in [0.2, 0.25) is 0 Å². The van der Waals surface area contributed by atoms with E-state index >= 15 is 4.39 Å². The van der Waals surface area contributed by atoms with Crippen molar-refractivity contribution < 1.29 is 79.0 Å². The number of anilines is 2. The van der Waals surface area contributed by atoms with Gasteiger partial charge in [-0.15, -0.1) is 0 Å². The summed E-state index contributed by atoms with van der Waals surface area (Å²) in [6.45, 7) is 8.41. The van der Waals surface area contributed by atoms with Crippen LogP contribution in [0, 0.1) is 5.92 Å². The zero-order valence-corrected chi connectivity index (χ0v) is 47.9. The van der Waals surface area contributed by atoms with Crippen molar-refractivity contribution in [2.75, 3.05) is 30.8 Å². The molecule has 0 bridgehead atoms. The average Bonchev–Trinajstić information content (AvgIpc) is 3.07. The molecule has 0 saturated carbocycles. The van der Waals surface area contributed by atoms with Crippen molar-refractivity contribution >= 4 is 82.4 Å². The molecule has 34 heteroatoms. The van der Waals surface area contributed by atoms with Gasteiger partial charge in [-0.25, -0.2) is 38.1 Å². The molecular formula is C50H62FN14O17PS. The Hall–Kier alpha value is -7.88. The van der Waals surface area contributed by atoms with Crippen molar-refractivity contribution in [3.63, 3.8) is 0 Å². The first-order chi connectivity index (χ1) is 39.8. The number of rotatable bonds is 22. The van der Waals surface area contributed by atoms with Gasteiger partial charge < -0.3 is 54.3 Å². The van der Waals surface area contributed by atoms with E-state index < -0.39 is 128 Å². The second-order valence-electron chi connectivity index (χ2n) is 20.8. The molecule has 0 radical (unpaired) electrons. The lowest BCUT2D eigenvalue weighted by Crippen LogP contribution is -2.54. The lowest BCUT2D eigenvalue weighted by atomic mass is 10.0. The molecule has 8 rings (SSSR count). The van der Waals surface area contributed by atoms with E-state index in [4.69, 9.17) is 27.7 Å². The molecule has 4 aromatic heterocycles. The number of amides is 5. The maximum atomic E-state index is 15.9. The van der Waals surface area contributed by atoms with Crippen LogP contribution in [0.15, 0.2) is 78.5 Å². The molecule has 10 atom stereocenters. The number of aliphatic hydroxyl groups is 1. The third-order valence-electron chi connectivity index (χ3n) is 13.0. The highest BCUT2D eigenvalue weighted by Gasteiger charge is 2.49. The van der Waals surface area contributed by atoms with E-state index in [1.54, 1.807) is 77.1 Å². The highest BCUT2D eigenvalue weighted by Crippen LogP contribution is 2.39. The minimum Gasteiger partial charge on any atom is -0.445 e. The number of aromatic amines is 1. The number of H-pyrrole nitrogens is 1. The molecule has 2 saturated heterocycles. The minimum absolute atomic E-state index is 0.0715. The number of carbonyl (C=O) groups excluding carboxylic acids is 5. The molecule has 8 N–H and O–H groups in total. The standard InChI is InChI=1S/C50H62FN14O17PS/c1-25(2)36(59-48(71)80-50(4,5)6)43(69)57-26(3)41(67)58-29-14-12-27(13-15-29)21-77-49(72)63(7)19-28-10-8-9-11-31(28)42(68)61-47-60-40-37(44(70)62-47)55-24-65(40)45-33(16-30(20-66)78-45)82-84(75,76)56-18-34-38(81-83(73)74)35(51)46(79-34)64-23-54-32-17-52-22-53-39(32)64/h8-15,17,22-26,30,33-36,38,45-46,56,66,83H,16,18-21H2,1-7H3,(H,57,69)(H,58,67)(H,59,71)(H,73,74)(H2,60,61,62,68,70)/t26?,30-,33+,34+,35+,36?,38+,45+,46+/m0/s1. The monoisotopic (exact) mass is 1210 g/mol. The first kappa shape index (κ1) is 62.2. The molecular weight excluding hydrogens is 1150 g/mol. The van der Waals surface area contributed by atoms with Crippen molar-refractivity contribution in [2.24, 2.45) is 5.92 Å². The molecule has 2 aromatic carbocycles. The molecule has 0 aliphatic carbocycles. The summed E-state index contributed by atoms with van der Waals surface area (Å²) in [5, 5.41) is 20.5. The van der Waals surface area contributed by atoms with Crippen LogP contribution >= 0.6 is 8.25 Å². The number of aromatic nitrogens is 8. The number of alkyl carbamates (subject to hydrolysis) is 1. The number of hydrogen-bond acceptors (Lipinski definition) is 21. The Morgan fingerprint density at radius 2 is 1.67 bits per heavy atom. The first-order valence-corrected chi connectivity index (χ1v) is 28.6. The van der Waals surface area contributed by atoms with Crippen LogP contribution in [0.4, 0.5) is 25.6 Å². The Morgan fingerprint density at radius 3 is 2.37 bits per heavy atom. The first-order valence-electron chi connectivity index (χ1n) is 26.0. The third-order valence-corrected chi connectivity index (χ3v) is 14.4. The number of nitrogens with zero attached hydrogens (tertiary/aromatic N) is 8. The number of imidazole rings is 2. The van der Waals surface area contributed by atoms with Gasteiger partial charge >= 0.3 is 30.7 Å². The fourth-order valence-electron chi connectivity index (χ4n) is 8.93. The smallest absolute Gasteiger partial charge is 0.410 e. The van der Waals surface area contributed by atoms with Crippen LogP contribution in [-0.4, -0.2) is 161 Å². The Labute approximate surface area is 478 Å². The van der Waals surface area contributed by atoms with Crippen molar-refractivity contribution in [1.29, 1.82) is 0 Å². The summed E-state index contributed by atoms with van der Waals surface area (Å²) in [7, 11) is -7.16. The minimum atomic E-state index is -4.84. The Morgan fingerprint density at radius 1 is 0.952 bits per heavy atom. The predicted octanol–water partition coefficient (Wildman–Crippen LogP) is 2.48. The van der Waals surface area contributed by atoms with Gasteiger partial charge in [-0.1, -0.05) is 44.2 Å². The van der Waals surface area contributed by atoms with Crippen LogP contribution in [0.3, 0.4) is 0 Å². The molecule has 84 heavy (non-hydrogen) atoms. The second kappa shape index (κ2) is 26.4. The summed E-state index contributed by atoms with van der Waals surface area (Å²) < 4.78 is 92.3. The van der Waals surface area contributed by atoms with E-state index in [2.05, 4.69) is 55.9 Å². The fourth-order valence-corrected chi connectivity index (χ4v) is 10.4. The number of nitrogens with one attached hydrogen (secondary N) is 6. The maximum Gasteiger partial charge on any atom is 0.410 e. The summed E-state index contributed by atoms with van der Waals surface area (Å²) in [5.74, 6) is -2.57. The average molecular weight is 1210 g/mol. The Kier molecular flexibility index (Phi) is 19.5. The largest absolute Gasteiger partial charge is 0.445 e. The summed E-state index contributed by atoms with van der Waals surface area (Å²) in [6, 6.07) is 10.7. The number of hydrogen-bond donors (Lipinski definition) is 8. The summed E-state index contributed by atoms with van der Waals surface area (Å²) >= 11 is 0. The van der Waals surface area contributed by atoms with Gasteiger partial charge in [0.25, 0.3) is 11.5 Å². The number of aliphatic hydroxyl groups excluding tert-OH is 1. The topological polar surface area (TPSA) is 403 Å². The van der Waals surface area contributed by atoms with Crippen molar-refractivity contribution in [3.8, 4) is 0 Å². The molecule has 6 aromatic rings.